The Balaban J connectivity index is 2.19. The zero-order valence-electron chi connectivity index (χ0n) is 12.4. The molecule has 1 aromatic rings. The summed E-state index contributed by atoms with van der Waals surface area (Å²) >= 11 is 0. The third-order valence-electron chi connectivity index (χ3n) is 3.19. The van der Waals surface area contributed by atoms with Gasteiger partial charge in [0.2, 0.25) is 0 Å². The minimum atomic E-state index is 0.350. The van der Waals surface area contributed by atoms with E-state index in [2.05, 4.69) is 23.2 Å². The van der Waals surface area contributed by atoms with Gasteiger partial charge in [0.1, 0.15) is 0 Å². The van der Waals surface area contributed by atoms with Gasteiger partial charge in [-0.3, -0.25) is 0 Å². The van der Waals surface area contributed by atoms with E-state index in [1.165, 1.54) is 11.1 Å². The minimum Gasteiger partial charge on any atom is -0.382 e. The molecule has 21 heavy (non-hydrogen) atoms. The van der Waals surface area contributed by atoms with Gasteiger partial charge in [0.15, 0.2) is 11.7 Å². The Morgan fingerprint density at radius 1 is 0.952 bits per heavy atom. The van der Waals surface area contributed by atoms with Crippen LogP contribution in [0.25, 0.3) is 0 Å². The Kier molecular flexibility index (Phi) is 4.72. The molecule has 0 amide bonds. The molecular weight excluding hydrogens is 260 g/mol. The second-order valence-electron chi connectivity index (χ2n) is 5.08. The van der Waals surface area contributed by atoms with Gasteiger partial charge in [0, 0.05) is 11.1 Å². The molecule has 4 heteroatoms. The normalized spacial score (nSPS) is 16.3. The molecule has 1 aliphatic rings. The van der Waals surface area contributed by atoms with Crippen LogP contribution in [0.3, 0.4) is 0 Å². The summed E-state index contributed by atoms with van der Waals surface area (Å²) in [5.74, 6) is 0.704. The molecule has 0 fully saturated rings. The molecule has 0 aromatic heterocycles. The van der Waals surface area contributed by atoms with E-state index in [0.29, 0.717) is 11.7 Å². The van der Waals surface area contributed by atoms with Crippen LogP contribution in [0.4, 0.5) is 0 Å². The van der Waals surface area contributed by atoms with Crippen LogP contribution >= 0.6 is 0 Å². The van der Waals surface area contributed by atoms with Gasteiger partial charge in [-0.25, -0.2) is 0 Å². The maximum Gasteiger partial charge on any atom is 0.153 e. The smallest absolute Gasteiger partial charge is 0.153 e. The highest BCUT2D eigenvalue weighted by atomic mass is 15.3. The van der Waals surface area contributed by atoms with Crippen molar-refractivity contribution in [2.75, 3.05) is 0 Å². The molecule has 0 saturated heterocycles. The van der Waals surface area contributed by atoms with E-state index in [9.17, 15) is 0 Å². The number of rotatable bonds is 3. The van der Waals surface area contributed by atoms with Gasteiger partial charge >= 0.3 is 0 Å². The van der Waals surface area contributed by atoms with Gasteiger partial charge in [-0.05, 0) is 20.3 Å². The van der Waals surface area contributed by atoms with Crippen LogP contribution in [0.15, 0.2) is 69.9 Å². The lowest BCUT2D eigenvalue weighted by molar-refractivity contribution is 1.20. The average Bonchev–Trinajstić information content (AvgIpc) is 2.70. The lowest BCUT2D eigenvalue weighted by Gasteiger charge is -2.01. The number of hydrogen-bond acceptors (Lipinski definition) is 2. The molecule has 4 nitrogen and oxygen atoms in total. The number of aryl methyl sites for hydroxylation is 1. The number of benzene rings is 1. The van der Waals surface area contributed by atoms with Crippen LogP contribution < -0.4 is 11.5 Å². The highest BCUT2D eigenvalue weighted by molar-refractivity contribution is 6.01. The van der Waals surface area contributed by atoms with Crippen molar-refractivity contribution < 1.29 is 0 Å². The van der Waals surface area contributed by atoms with Crippen molar-refractivity contribution >= 4 is 11.7 Å². The molecule has 0 radical (unpaired) electrons. The van der Waals surface area contributed by atoms with Crippen molar-refractivity contribution in [1.29, 1.82) is 0 Å². The molecule has 0 unspecified atom stereocenters. The highest BCUT2D eigenvalue weighted by Gasteiger charge is 2.02. The van der Waals surface area contributed by atoms with Crippen molar-refractivity contribution in [3.05, 3.63) is 70.8 Å². The van der Waals surface area contributed by atoms with Crippen LogP contribution in [0.1, 0.15) is 24.5 Å². The van der Waals surface area contributed by atoms with Crippen LogP contribution in [0.2, 0.25) is 0 Å². The third-order valence-corrected chi connectivity index (χ3v) is 3.19. The van der Waals surface area contributed by atoms with E-state index in [-0.39, 0.29) is 0 Å². The van der Waals surface area contributed by atoms with Crippen molar-refractivity contribution in [2.24, 2.45) is 21.7 Å². The van der Waals surface area contributed by atoms with Crippen LogP contribution in [-0.2, 0) is 0 Å². The van der Waals surface area contributed by atoms with Gasteiger partial charge in [-0.1, -0.05) is 59.7 Å². The molecule has 0 atom stereocenters. The molecule has 4 N–H and O–H groups in total. The molecular formula is C17H20N4. The lowest BCUT2D eigenvalue weighted by Crippen LogP contribution is -2.16. The second kappa shape index (κ2) is 6.70. The summed E-state index contributed by atoms with van der Waals surface area (Å²) in [6.07, 6.45) is 8.89. The predicted octanol–water partition coefficient (Wildman–Crippen LogP) is 2.81. The van der Waals surface area contributed by atoms with E-state index in [0.717, 1.165) is 17.6 Å². The fourth-order valence-corrected chi connectivity index (χ4v) is 1.85. The molecule has 108 valence electrons. The zero-order chi connectivity index (χ0) is 15.2. The monoisotopic (exact) mass is 280 g/mol. The van der Waals surface area contributed by atoms with Gasteiger partial charge in [-0.15, -0.1) is 10.2 Å². The molecule has 0 bridgehead atoms. The third kappa shape index (κ3) is 4.18. The lowest BCUT2D eigenvalue weighted by atomic mass is 10.1. The first-order valence-electron chi connectivity index (χ1n) is 6.84. The first kappa shape index (κ1) is 14.8. The fourth-order valence-electron chi connectivity index (χ4n) is 1.85. The summed E-state index contributed by atoms with van der Waals surface area (Å²) < 4.78 is 0. The summed E-state index contributed by atoms with van der Waals surface area (Å²) in [4.78, 5) is 0. The molecule has 1 aliphatic carbocycles. The number of amidine groups is 2. The van der Waals surface area contributed by atoms with Crippen LogP contribution in [0.5, 0.6) is 0 Å². The molecule has 0 spiro atoms. The number of nitrogens with two attached hydrogens (primary N) is 2. The molecule has 0 saturated carbocycles. The highest BCUT2D eigenvalue weighted by Crippen LogP contribution is 2.10. The van der Waals surface area contributed by atoms with Crippen molar-refractivity contribution in [2.45, 2.75) is 20.3 Å². The standard InChI is InChI=1S/C17H20N4/c1-12-4-3-5-14(9-6-12)16(18)20-21-17(19)15-10-7-13(2)8-11-15/h3,5-11H,4H2,1-2H3,(H2,18,20)(H2,19,21). The summed E-state index contributed by atoms with van der Waals surface area (Å²) in [5.41, 5.74) is 16.0. The topological polar surface area (TPSA) is 76.8 Å². The summed E-state index contributed by atoms with van der Waals surface area (Å²) in [5, 5.41) is 8.03. The first-order valence-corrected chi connectivity index (χ1v) is 6.84. The number of allylic oxidation sites excluding steroid dienone is 4. The zero-order valence-corrected chi connectivity index (χ0v) is 12.4. The first-order chi connectivity index (χ1) is 10.1. The van der Waals surface area contributed by atoms with Gasteiger partial charge < -0.3 is 11.5 Å². The second-order valence-corrected chi connectivity index (χ2v) is 5.08. The summed E-state index contributed by atoms with van der Waals surface area (Å²) in [6, 6.07) is 7.79. The number of hydrogen-bond donors (Lipinski definition) is 2. The summed E-state index contributed by atoms with van der Waals surface area (Å²) in [7, 11) is 0. The minimum absolute atomic E-state index is 0.350. The van der Waals surface area contributed by atoms with E-state index in [4.69, 9.17) is 11.5 Å². The van der Waals surface area contributed by atoms with Crippen molar-refractivity contribution in [3.8, 4) is 0 Å². The average molecular weight is 280 g/mol. The van der Waals surface area contributed by atoms with E-state index >= 15 is 0 Å². The Labute approximate surface area is 125 Å². The van der Waals surface area contributed by atoms with E-state index < -0.39 is 0 Å². The largest absolute Gasteiger partial charge is 0.382 e. The maximum atomic E-state index is 5.95. The van der Waals surface area contributed by atoms with Gasteiger partial charge in [-0.2, -0.15) is 0 Å². The van der Waals surface area contributed by atoms with Crippen LogP contribution in [0, 0.1) is 6.92 Å². The van der Waals surface area contributed by atoms with Crippen molar-refractivity contribution in [1.82, 2.24) is 0 Å². The quantitative estimate of drug-likeness (QED) is 0.507. The Morgan fingerprint density at radius 2 is 1.62 bits per heavy atom. The van der Waals surface area contributed by atoms with Crippen LogP contribution in [-0.4, -0.2) is 11.7 Å². The summed E-state index contributed by atoms with van der Waals surface area (Å²) in [6.45, 7) is 4.10. The predicted molar refractivity (Wildman–Crippen MR) is 89.1 cm³/mol. The van der Waals surface area contributed by atoms with Gasteiger partial charge in [0.05, 0.1) is 0 Å². The van der Waals surface area contributed by atoms with Gasteiger partial charge in [0.25, 0.3) is 0 Å². The molecule has 0 aliphatic heterocycles. The Bertz CT molecular complexity index is 659. The van der Waals surface area contributed by atoms with Crippen molar-refractivity contribution in [3.63, 3.8) is 0 Å². The molecule has 2 rings (SSSR count). The maximum absolute atomic E-state index is 5.95. The Morgan fingerprint density at radius 3 is 2.33 bits per heavy atom. The van der Waals surface area contributed by atoms with E-state index in [1.807, 2.05) is 49.4 Å². The number of nitrogens with zero attached hydrogens (tertiary/aromatic N) is 2. The van der Waals surface area contributed by atoms with E-state index in [1.54, 1.807) is 0 Å². The Hall–Kier alpha value is -2.62. The molecule has 0 heterocycles. The SMILES string of the molecule is CC1=CC=C(/C(N)=N/N=C(\N)c2ccc(C)cc2)C=CC1. The molecule has 1 aromatic carbocycles. The fraction of sp³-hybridized carbons (Fsp3) is 0.176.